The first kappa shape index (κ1) is 7.94. The second-order valence-corrected chi connectivity index (χ2v) is 2.50. The second-order valence-electron chi connectivity index (χ2n) is 2.50. The predicted molar refractivity (Wildman–Crippen MR) is 40.8 cm³/mol. The first-order valence-electron chi connectivity index (χ1n) is 3.36. The van der Waals surface area contributed by atoms with Crippen LogP contribution in [0.3, 0.4) is 0 Å². The highest BCUT2D eigenvalue weighted by Gasteiger charge is 2.00. The van der Waals surface area contributed by atoms with Gasteiger partial charge in [0.15, 0.2) is 0 Å². The molecule has 0 atom stereocenters. The average molecular weight is 153 g/mol. The third-order valence-electron chi connectivity index (χ3n) is 1.28. The zero-order valence-electron chi connectivity index (χ0n) is 6.49. The van der Waals surface area contributed by atoms with E-state index in [1.807, 2.05) is 6.92 Å². The van der Waals surface area contributed by atoms with Crippen LogP contribution < -0.4 is 0 Å². The van der Waals surface area contributed by atoms with Crippen molar-refractivity contribution in [1.29, 1.82) is 0 Å². The number of nitrogens with zero attached hydrogens (tertiary/aromatic N) is 3. The third kappa shape index (κ3) is 1.88. The summed E-state index contributed by atoms with van der Waals surface area (Å²) in [6.07, 6.45) is 1.54. The number of aliphatic hydroxyl groups excluding tert-OH is 1. The lowest BCUT2D eigenvalue weighted by Gasteiger charge is -2.01. The summed E-state index contributed by atoms with van der Waals surface area (Å²) in [7, 11) is 0. The highest BCUT2D eigenvalue weighted by molar-refractivity contribution is 4.96. The van der Waals surface area contributed by atoms with Crippen molar-refractivity contribution in [1.82, 2.24) is 15.0 Å². The molecular formula is C7H11N3O. The number of hydrogen-bond donors (Lipinski definition) is 1. The van der Waals surface area contributed by atoms with Crippen LogP contribution >= 0.6 is 0 Å². The Kier molecular flexibility index (Phi) is 2.38. The molecule has 0 unspecified atom stereocenters. The quantitative estimate of drug-likeness (QED) is 0.637. The summed E-state index contributed by atoms with van der Waals surface area (Å²) >= 11 is 0. The average Bonchev–Trinajstić information content (AvgIpc) is 2.34. The molecule has 0 bridgehead atoms. The van der Waals surface area contributed by atoms with Gasteiger partial charge in [-0.3, -0.25) is 0 Å². The van der Waals surface area contributed by atoms with E-state index in [9.17, 15) is 0 Å². The molecule has 11 heavy (non-hydrogen) atoms. The molecule has 0 aliphatic heterocycles. The molecule has 0 fully saturated rings. The SMILES string of the molecule is C=C(C)Cn1nncc1CO. The highest BCUT2D eigenvalue weighted by atomic mass is 16.3. The lowest BCUT2D eigenvalue weighted by molar-refractivity contribution is 0.269. The summed E-state index contributed by atoms with van der Waals surface area (Å²) in [6, 6.07) is 0. The largest absolute Gasteiger partial charge is 0.390 e. The maximum absolute atomic E-state index is 8.79. The van der Waals surface area contributed by atoms with Crippen LogP contribution in [0.1, 0.15) is 12.6 Å². The van der Waals surface area contributed by atoms with Gasteiger partial charge in [0.25, 0.3) is 0 Å². The van der Waals surface area contributed by atoms with Crippen LogP contribution in [0, 0.1) is 0 Å². The Hall–Kier alpha value is -1.16. The van der Waals surface area contributed by atoms with E-state index in [2.05, 4.69) is 16.9 Å². The van der Waals surface area contributed by atoms with E-state index >= 15 is 0 Å². The molecule has 0 aliphatic carbocycles. The Balaban J connectivity index is 2.76. The van der Waals surface area contributed by atoms with Gasteiger partial charge in [-0.15, -0.1) is 5.10 Å². The van der Waals surface area contributed by atoms with Crippen molar-refractivity contribution in [2.45, 2.75) is 20.1 Å². The van der Waals surface area contributed by atoms with Gasteiger partial charge in [-0.2, -0.15) is 0 Å². The molecule has 1 aromatic rings. The molecule has 1 rings (SSSR count). The highest BCUT2D eigenvalue weighted by Crippen LogP contribution is 1.99. The van der Waals surface area contributed by atoms with Crippen LogP contribution in [-0.2, 0) is 13.2 Å². The lowest BCUT2D eigenvalue weighted by Crippen LogP contribution is -2.05. The molecule has 1 heterocycles. The molecule has 60 valence electrons. The van der Waals surface area contributed by atoms with E-state index in [1.165, 1.54) is 0 Å². The topological polar surface area (TPSA) is 50.9 Å². The Morgan fingerprint density at radius 2 is 2.55 bits per heavy atom. The molecule has 0 aromatic carbocycles. The van der Waals surface area contributed by atoms with Gasteiger partial charge in [0.05, 0.1) is 25.0 Å². The Labute approximate surface area is 65.2 Å². The lowest BCUT2D eigenvalue weighted by atomic mass is 10.3. The first-order chi connectivity index (χ1) is 5.24. The fourth-order valence-electron chi connectivity index (χ4n) is 0.790. The van der Waals surface area contributed by atoms with E-state index in [4.69, 9.17) is 5.11 Å². The predicted octanol–water partition coefficient (Wildman–Crippen LogP) is 0.346. The number of allylic oxidation sites excluding steroid dienone is 1. The molecule has 0 saturated heterocycles. The van der Waals surface area contributed by atoms with Crippen molar-refractivity contribution in [3.8, 4) is 0 Å². The normalized spacial score (nSPS) is 10.0. The second kappa shape index (κ2) is 3.30. The number of hydrogen-bond acceptors (Lipinski definition) is 3. The maximum atomic E-state index is 8.79. The van der Waals surface area contributed by atoms with Crippen LogP contribution in [0.5, 0.6) is 0 Å². The number of aromatic nitrogens is 3. The zero-order chi connectivity index (χ0) is 8.27. The number of rotatable bonds is 3. The van der Waals surface area contributed by atoms with Crippen molar-refractivity contribution in [3.63, 3.8) is 0 Å². The fraction of sp³-hybridized carbons (Fsp3) is 0.429. The number of aliphatic hydroxyl groups is 1. The van der Waals surface area contributed by atoms with Crippen molar-refractivity contribution in [2.75, 3.05) is 0 Å². The monoisotopic (exact) mass is 153 g/mol. The molecule has 0 aliphatic rings. The molecular weight excluding hydrogens is 142 g/mol. The molecule has 1 N–H and O–H groups in total. The van der Waals surface area contributed by atoms with Crippen molar-refractivity contribution in [3.05, 3.63) is 24.0 Å². The van der Waals surface area contributed by atoms with Gasteiger partial charge >= 0.3 is 0 Å². The summed E-state index contributed by atoms with van der Waals surface area (Å²) in [6.45, 7) is 6.23. The van der Waals surface area contributed by atoms with E-state index in [1.54, 1.807) is 10.9 Å². The minimum atomic E-state index is -0.0275. The van der Waals surface area contributed by atoms with Crippen LogP contribution in [0.2, 0.25) is 0 Å². The van der Waals surface area contributed by atoms with Gasteiger partial charge in [-0.05, 0) is 6.92 Å². The van der Waals surface area contributed by atoms with Gasteiger partial charge in [-0.25, -0.2) is 4.68 Å². The Bertz CT molecular complexity index is 254. The summed E-state index contributed by atoms with van der Waals surface area (Å²) in [5.41, 5.74) is 1.71. The van der Waals surface area contributed by atoms with Crippen LogP contribution in [0.15, 0.2) is 18.3 Å². The standard InChI is InChI=1S/C7H11N3O/c1-6(2)4-10-7(5-11)3-8-9-10/h3,11H,1,4-5H2,2H3. The van der Waals surface area contributed by atoms with Gasteiger partial charge in [0.2, 0.25) is 0 Å². The summed E-state index contributed by atoms with van der Waals surface area (Å²) in [5.74, 6) is 0. The third-order valence-corrected chi connectivity index (χ3v) is 1.28. The molecule has 0 radical (unpaired) electrons. The van der Waals surface area contributed by atoms with Gasteiger partial charge in [0.1, 0.15) is 0 Å². The summed E-state index contributed by atoms with van der Waals surface area (Å²) < 4.78 is 1.63. The Morgan fingerprint density at radius 1 is 1.82 bits per heavy atom. The van der Waals surface area contributed by atoms with Gasteiger partial charge in [0, 0.05) is 0 Å². The van der Waals surface area contributed by atoms with E-state index in [0.29, 0.717) is 12.2 Å². The minimum absolute atomic E-state index is 0.0275. The minimum Gasteiger partial charge on any atom is -0.390 e. The molecule has 0 saturated carbocycles. The molecule has 0 amide bonds. The van der Waals surface area contributed by atoms with Gasteiger partial charge < -0.3 is 5.11 Å². The molecule has 0 spiro atoms. The first-order valence-corrected chi connectivity index (χ1v) is 3.36. The maximum Gasteiger partial charge on any atom is 0.0866 e. The molecule has 4 nitrogen and oxygen atoms in total. The van der Waals surface area contributed by atoms with Crippen LogP contribution in [0.4, 0.5) is 0 Å². The fourth-order valence-corrected chi connectivity index (χ4v) is 0.790. The summed E-state index contributed by atoms with van der Waals surface area (Å²) in [4.78, 5) is 0. The van der Waals surface area contributed by atoms with E-state index in [-0.39, 0.29) is 6.61 Å². The smallest absolute Gasteiger partial charge is 0.0866 e. The van der Waals surface area contributed by atoms with Crippen molar-refractivity contribution in [2.24, 2.45) is 0 Å². The van der Waals surface area contributed by atoms with Gasteiger partial charge in [-0.1, -0.05) is 17.4 Å². The zero-order valence-corrected chi connectivity index (χ0v) is 6.49. The van der Waals surface area contributed by atoms with Crippen molar-refractivity contribution >= 4 is 0 Å². The van der Waals surface area contributed by atoms with Crippen molar-refractivity contribution < 1.29 is 5.11 Å². The summed E-state index contributed by atoms with van der Waals surface area (Å²) in [5, 5.41) is 16.2. The van der Waals surface area contributed by atoms with Crippen LogP contribution in [0.25, 0.3) is 0 Å². The van der Waals surface area contributed by atoms with E-state index < -0.39 is 0 Å². The van der Waals surface area contributed by atoms with Crippen LogP contribution in [-0.4, -0.2) is 20.1 Å². The molecule has 4 heteroatoms. The van der Waals surface area contributed by atoms with E-state index in [0.717, 1.165) is 5.57 Å². The Morgan fingerprint density at radius 3 is 3.09 bits per heavy atom. The molecule has 1 aromatic heterocycles.